The Morgan fingerprint density at radius 2 is 2.15 bits per heavy atom. The highest BCUT2D eigenvalue weighted by atomic mass is 16.6. The first-order valence-corrected chi connectivity index (χ1v) is 6.49. The zero-order valence-electron chi connectivity index (χ0n) is 12.2. The summed E-state index contributed by atoms with van der Waals surface area (Å²) in [6.45, 7) is 7.30. The molecule has 1 aromatic heterocycles. The molecule has 1 N–H and O–H groups in total. The highest BCUT2D eigenvalue weighted by Gasteiger charge is 2.31. The Kier molecular flexibility index (Phi) is 5.06. The maximum absolute atomic E-state index is 11.3. The number of rotatable bonds is 7. The van der Waals surface area contributed by atoms with E-state index in [1.165, 1.54) is 9.58 Å². The predicted octanol–water partition coefficient (Wildman–Crippen LogP) is 1.81. The van der Waals surface area contributed by atoms with Crippen molar-refractivity contribution in [3.63, 3.8) is 0 Å². The van der Waals surface area contributed by atoms with E-state index in [9.17, 15) is 14.9 Å². The molecule has 0 saturated carbocycles. The van der Waals surface area contributed by atoms with Crippen LogP contribution < -0.4 is 4.90 Å². The van der Waals surface area contributed by atoms with Crippen molar-refractivity contribution < 1.29 is 14.8 Å². The zero-order valence-corrected chi connectivity index (χ0v) is 12.2. The Bertz CT molecular complexity index is 510. The minimum Gasteiger partial charge on any atom is -0.480 e. The van der Waals surface area contributed by atoms with Crippen molar-refractivity contribution in [3.8, 4) is 0 Å². The summed E-state index contributed by atoms with van der Waals surface area (Å²) in [4.78, 5) is 23.3. The molecule has 20 heavy (non-hydrogen) atoms. The lowest BCUT2D eigenvalue weighted by molar-refractivity contribution is -0.384. The van der Waals surface area contributed by atoms with Gasteiger partial charge in [0.25, 0.3) is 0 Å². The van der Waals surface area contributed by atoms with Crippen LogP contribution in [0.2, 0.25) is 0 Å². The second kappa shape index (κ2) is 6.36. The second-order valence-electron chi connectivity index (χ2n) is 4.85. The van der Waals surface area contributed by atoms with Gasteiger partial charge in [0.15, 0.2) is 0 Å². The van der Waals surface area contributed by atoms with Gasteiger partial charge in [-0.05, 0) is 27.2 Å². The number of nitrogens with zero attached hydrogens (tertiary/aromatic N) is 4. The smallest absolute Gasteiger partial charge is 0.333 e. The highest BCUT2D eigenvalue weighted by Crippen LogP contribution is 2.32. The summed E-state index contributed by atoms with van der Waals surface area (Å²) in [5.74, 6) is -0.762. The van der Waals surface area contributed by atoms with Crippen molar-refractivity contribution in [2.24, 2.45) is 0 Å². The molecule has 8 nitrogen and oxygen atoms in total. The van der Waals surface area contributed by atoms with E-state index in [1.54, 1.807) is 20.8 Å². The van der Waals surface area contributed by atoms with Gasteiger partial charge >= 0.3 is 11.7 Å². The molecule has 0 bridgehead atoms. The number of anilines is 1. The molecular weight excluding hydrogens is 264 g/mol. The molecular formula is C12H20N4O4. The monoisotopic (exact) mass is 284 g/mol. The molecule has 0 amide bonds. The number of aromatic nitrogens is 2. The molecule has 0 aliphatic rings. The summed E-state index contributed by atoms with van der Waals surface area (Å²) in [6.07, 6.45) is 0.754. The first kappa shape index (κ1) is 15.9. The van der Waals surface area contributed by atoms with Crippen LogP contribution in [0.25, 0.3) is 0 Å². The Balaban J connectivity index is 3.42. The third-order valence-corrected chi connectivity index (χ3v) is 2.89. The molecule has 8 heteroatoms. The first-order chi connectivity index (χ1) is 9.29. The topological polar surface area (TPSA) is 101 Å². The molecule has 1 aromatic rings. The fourth-order valence-electron chi connectivity index (χ4n) is 2.07. The Morgan fingerprint density at radius 3 is 2.55 bits per heavy atom. The van der Waals surface area contributed by atoms with Crippen molar-refractivity contribution in [1.82, 2.24) is 9.78 Å². The fourth-order valence-corrected chi connectivity index (χ4v) is 2.07. The van der Waals surface area contributed by atoms with Crippen molar-refractivity contribution in [3.05, 3.63) is 15.8 Å². The summed E-state index contributed by atoms with van der Waals surface area (Å²) in [5, 5.41) is 24.4. The van der Waals surface area contributed by atoms with Crippen LogP contribution >= 0.6 is 0 Å². The van der Waals surface area contributed by atoms with Crippen LogP contribution in [-0.2, 0) is 11.3 Å². The molecule has 0 atom stereocenters. The molecule has 0 unspecified atom stereocenters. The molecule has 0 aromatic carbocycles. The van der Waals surface area contributed by atoms with E-state index >= 15 is 0 Å². The van der Waals surface area contributed by atoms with Gasteiger partial charge in [0.2, 0.25) is 5.82 Å². The summed E-state index contributed by atoms with van der Waals surface area (Å²) in [7, 11) is 0. The highest BCUT2D eigenvalue weighted by molar-refractivity contribution is 5.75. The number of hydrogen-bond donors (Lipinski definition) is 1. The van der Waals surface area contributed by atoms with Gasteiger partial charge in [-0.15, -0.1) is 0 Å². The van der Waals surface area contributed by atoms with Gasteiger partial charge in [-0.1, -0.05) is 6.92 Å². The van der Waals surface area contributed by atoms with Crippen molar-refractivity contribution in [1.29, 1.82) is 0 Å². The maximum atomic E-state index is 11.3. The van der Waals surface area contributed by atoms with Crippen LogP contribution in [0.1, 0.15) is 32.9 Å². The fraction of sp³-hybridized carbons (Fsp3) is 0.667. The predicted molar refractivity (Wildman–Crippen MR) is 74.0 cm³/mol. The van der Waals surface area contributed by atoms with Crippen molar-refractivity contribution in [2.75, 3.05) is 11.4 Å². The number of aryl methyl sites for hydroxylation is 2. The van der Waals surface area contributed by atoms with Gasteiger partial charge in [-0.2, -0.15) is 5.10 Å². The van der Waals surface area contributed by atoms with Gasteiger partial charge < -0.3 is 10.0 Å². The van der Waals surface area contributed by atoms with Gasteiger partial charge in [0.1, 0.15) is 12.2 Å². The number of carbonyl (C=O) groups is 1. The van der Waals surface area contributed by atoms with Gasteiger partial charge in [-0.25, -0.2) is 4.68 Å². The van der Waals surface area contributed by atoms with Crippen molar-refractivity contribution in [2.45, 2.75) is 46.7 Å². The molecule has 0 radical (unpaired) electrons. The molecule has 1 rings (SSSR count). The van der Waals surface area contributed by atoms with E-state index in [2.05, 4.69) is 5.10 Å². The molecule has 0 saturated heterocycles. The average molecular weight is 284 g/mol. The van der Waals surface area contributed by atoms with Gasteiger partial charge in [0, 0.05) is 12.6 Å². The van der Waals surface area contributed by atoms with E-state index in [0.717, 1.165) is 6.42 Å². The molecule has 0 aliphatic heterocycles. The number of nitro groups is 1. The third kappa shape index (κ3) is 3.25. The molecule has 112 valence electrons. The van der Waals surface area contributed by atoms with Gasteiger partial charge in [0.05, 0.1) is 4.92 Å². The summed E-state index contributed by atoms with van der Waals surface area (Å²) in [6, 6.07) is -0.184. The SMILES string of the molecule is CCCn1nc(C)c([N+](=O)[O-])c1N(CC(=O)O)C(C)C. The molecule has 1 heterocycles. The van der Waals surface area contributed by atoms with E-state index in [-0.39, 0.29) is 24.1 Å². The number of hydrogen-bond acceptors (Lipinski definition) is 5. The van der Waals surface area contributed by atoms with Crippen LogP contribution in [0, 0.1) is 17.0 Å². The second-order valence-corrected chi connectivity index (χ2v) is 4.85. The Labute approximate surface area is 117 Å². The minimum absolute atomic E-state index is 0.117. The molecule has 0 aliphatic carbocycles. The summed E-state index contributed by atoms with van der Waals surface area (Å²) in [5.41, 5.74) is 0.183. The van der Waals surface area contributed by atoms with Crippen LogP contribution in [0.5, 0.6) is 0 Å². The van der Waals surface area contributed by atoms with Crippen molar-refractivity contribution >= 4 is 17.5 Å². The van der Waals surface area contributed by atoms with Crippen LogP contribution in [0.4, 0.5) is 11.5 Å². The largest absolute Gasteiger partial charge is 0.480 e. The van der Waals surface area contributed by atoms with E-state index in [4.69, 9.17) is 5.11 Å². The lowest BCUT2D eigenvalue weighted by Gasteiger charge is -2.26. The normalized spacial score (nSPS) is 10.8. The Hall–Kier alpha value is -2.12. The number of aliphatic carboxylic acids is 1. The lowest BCUT2D eigenvalue weighted by atomic mass is 10.2. The van der Waals surface area contributed by atoms with Crippen LogP contribution in [-0.4, -0.2) is 38.4 Å². The lowest BCUT2D eigenvalue weighted by Crippen LogP contribution is -2.37. The number of carboxylic acid groups (broad SMARTS) is 1. The molecule has 0 fully saturated rings. The van der Waals surface area contributed by atoms with E-state index < -0.39 is 10.9 Å². The zero-order chi connectivity index (χ0) is 15.4. The summed E-state index contributed by atoms with van der Waals surface area (Å²) >= 11 is 0. The van der Waals surface area contributed by atoms with Crippen LogP contribution in [0.15, 0.2) is 0 Å². The maximum Gasteiger partial charge on any atom is 0.333 e. The van der Waals surface area contributed by atoms with E-state index in [0.29, 0.717) is 12.2 Å². The molecule has 0 spiro atoms. The average Bonchev–Trinajstić information content (AvgIpc) is 2.62. The Morgan fingerprint density at radius 1 is 1.55 bits per heavy atom. The quantitative estimate of drug-likeness (QED) is 0.605. The summed E-state index contributed by atoms with van der Waals surface area (Å²) < 4.78 is 1.52. The van der Waals surface area contributed by atoms with Crippen LogP contribution in [0.3, 0.4) is 0 Å². The van der Waals surface area contributed by atoms with Gasteiger partial charge in [-0.3, -0.25) is 14.9 Å². The standard InChI is InChI=1S/C12H20N4O4/c1-5-6-15-12(11(16(19)20)9(4)13-15)14(8(2)3)7-10(17)18/h8H,5-7H2,1-4H3,(H,17,18). The minimum atomic E-state index is -1.03. The third-order valence-electron chi connectivity index (χ3n) is 2.89. The van der Waals surface area contributed by atoms with E-state index in [1.807, 2.05) is 6.92 Å². The number of carboxylic acids is 1. The first-order valence-electron chi connectivity index (χ1n) is 6.49.